The van der Waals surface area contributed by atoms with Crippen LogP contribution >= 0.6 is 11.6 Å². The van der Waals surface area contributed by atoms with Gasteiger partial charge in [0.1, 0.15) is 11.4 Å². The first-order chi connectivity index (χ1) is 7.40. The van der Waals surface area contributed by atoms with Crippen LogP contribution in [0.15, 0.2) is 0 Å². The second-order valence-electron chi connectivity index (χ2n) is 4.22. The highest BCUT2D eigenvalue weighted by atomic mass is 35.5. The first-order valence-electron chi connectivity index (χ1n) is 5.51. The van der Waals surface area contributed by atoms with Crippen molar-refractivity contribution in [2.75, 3.05) is 5.88 Å². The van der Waals surface area contributed by atoms with Gasteiger partial charge < -0.3 is 10.4 Å². The van der Waals surface area contributed by atoms with Crippen molar-refractivity contribution in [3.05, 3.63) is 0 Å². The average Bonchev–Trinajstić information content (AvgIpc) is 2.22. The summed E-state index contributed by atoms with van der Waals surface area (Å²) in [4.78, 5) is 22.7. The van der Waals surface area contributed by atoms with E-state index in [1.165, 1.54) is 0 Å². The Morgan fingerprint density at radius 1 is 1.44 bits per heavy atom. The van der Waals surface area contributed by atoms with E-state index in [0.717, 1.165) is 12.8 Å². The number of nitrogens with one attached hydrogen (secondary N) is 1. The summed E-state index contributed by atoms with van der Waals surface area (Å²) in [5.41, 5.74) is -1.19. The number of unbranched alkanes of at least 4 members (excludes halogenated alkanes) is 1. The van der Waals surface area contributed by atoms with Crippen molar-refractivity contribution < 1.29 is 14.7 Å². The van der Waals surface area contributed by atoms with Crippen LogP contribution in [0, 0.1) is 5.92 Å². The number of carbonyl (C=O) groups is 2. The van der Waals surface area contributed by atoms with Gasteiger partial charge in [-0.2, -0.15) is 0 Å². The minimum absolute atomic E-state index is 0.177. The molecule has 0 aliphatic carbocycles. The lowest BCUT2D eigenvalue weighted by Gasteiger charge is -2.34. The Balaban J connectivity index is 4.93. The Bertz CT molecular complexity index is 256. The predicted molar refractivity (Wildman–Crippen MR) is 63.6 cm³/mol. The van der Waals surface area contributed by atoms with E-state index < -0.39 is 17.4 Å². The number of halogens is 1. The topological polar surface area (TPSA) is 66.4 Å². The molecular weight excluding hydrogens is 230 g/mol. The number of aliphatic carboxylic acids is 1. The number of rotatable bonds is 7. The number of hydrogen-bond acceptors (Lipinski definition) is 2. The van der Waals surface area contributed by atoms with Crippen LogP contribution in [0.25, 0.3) is 0 Å². The molecule has 0 radical (unpaired) electrons. The zero-order valence-electron chi connectivity index (χ0n) is 10.0. The second kappa shape index (κ2) is 6.74. The van der Waals surface area contributed by atoms with Gasteiger partial charge in [-0.3, -0.25) is 4.79 Å². The first kappa shape index (κ1) is 15.2. The molecule has 1 amide bonds. The highest BCUT2D eigenvalue weighted by molar-refractivity contribution is 6.27. The van der Waals surface area contributed by atoms with Crippen LogP contribution in [-0.4, -0.2) is 28.4 Å². The Morgan fingerprint density at radius 2 is 2.00 bits per heavy atom. The minimum Gasteiger partial charge on any atom is -0.479 e. The molecule has 0 aliphatic heterocycles. The lowest BCUT2D eigenvalue weighted by atomic mass is 9.81. The van der Waals surface area contributed by atoms with E-state index in [9.17, 15) is 14.7 Å². The second-order valence-corrected chi connectivity index (χ2v) is 4.48. The third kappa shape index (κ3) is 3.67. The fourth-order valence-corrected chi connectivity index (χ4v) is 1.71. The van der Waals surface area contributed by atoms with Crippen LogP contribution in [0.2, 0.25) is 0 Å². The Labute approximate surface area is 101 Å². The fraction of sp³-hybridized carbons (Fsp3) is 0.818. The van der Waals surface area contributed by atoms with E-state index >= 15 is 0 Å². The van der Waals surface area contributed by atoms with Gasteiger partial charge in [-0.25, -0.2) is 4.79 Å². The number of hydrogen-bond donors (Lipinski definition) is 2. The number of carboxylic acid groups (broad SMARTS) is 1. The van der Waals surface area contributed by atoms with E-state index in [1.54, 1.807) is 13.8 Å². The van der Waals surface area contributed by atoms with Gasteiger partial charge in [0.05, 0.1) is 0 Å². The number of amides is 1. The largest absolute Gasteiger partial charge is 0.479 e. The fourth-order valence-electron chi connectivity index (χ4n) is 1.64. The summed E-state index contributed by atoms with van der Waals surface area (Å²) >= 11 is 5.40. The molecule has 0 saturated carbocycles. The number of carboxylic acids is 1. The van der Waals surface area contributed by atoms with Gasteiger partial charge in [0, 0.05) is 0 Å². The predicted octanol–water partition coefficient (Wildman–Crippen LogP) is 2.01. The van der Waals surface area contributed by atoms with Gasteiger partial charge in [-0.1, -0.05) is 33.6 Å². The lowest BCUT2D eigenvalue weighted by Crippen LogP contribution is -2.58. The van der Waals surface area contributed by atoms with Gasteiger partial charge >= 0.3 is 5.97 Å². The molecule has 0 spiro atoms. The van der Waals surface area contributed by atoms with Crippen molar-refractivity contribution >= 4 is 23.5 Å². The number of alkyl halides is 1. The molecule has 0 saturated heterocycles. The number of carbonyl (C=O) groups excluding carboxylic acids is 1. The Morgan fingerprint density at radius 3 is 2.31 bits per heavy atom. The molecule has 0 fully saturated rings. The van der Waals surface area contributed by atoms with Gasteiger partial charge in [-0.15, -0.1) is 11.6 Å². The van der Waals surface area contributed by atoms with Crippen molar-refractivity contribution in [1.82, 2.24) is 5.32 Å². The van der Waals surface area contributed by atoms with Gasteiger partial charge in [0.2, 0.25) is 5.91 Å². The zero-order chi connectivity index (χ0) is 12.8. The average molecular weight is 250 g/mol. The molecule has 94 valence electrons. The monoisotopic (exact) mass is 249 g/mol. The maximum atomic E-state index is 11.4. The van der Waals surface area contributed by atoms with Crippen LogP contribution in [0.3, 0.4) is 0 Å². The summed E-state index contributed by atoms with van der Waals surface area (Å²) in [5, 5.41) is 11.9. The Kier molecular flexibility index (Phi) is 6.41. The van der Waals surface area contributed by atoms with Gasteiger partial charge in [0.15, 0.2) is 0 Å². The standard InChI is InChI=1S/C11H20ClNO3/c1-4-5-6-11(8(2)3,10(15)16)13-9(14)7-12/h8H,4-7H2,1-3H3,(H,13,14)(H,15,16). The molecule has 2 N–H and O–H groups in total. The molecule has 4 nitrogen and oxygen atoms in total. The summed E-state index contributed by atoms with van der Waals surface area (Å²) in [5.74, 6) is -1.82. The molecule has 16 heavy (non-hydrogen) atoms. The van der Waals surface area contributed by atoms with Crippen molar-refractivity contribution in [3.8, 4) is 0 Å². The minimum atomic E-state index is -1.19. The summed E-state index contributed by atoms with van der Waals surface area (Å²) in [6.45, 7) is 5.56. The van der Waals surface area contributed by atoms with Crippen LogP contribution < -0.4 is 5.32 Å². The summed E-state index contributed by atoms with van der Waals surface area (Å²) in [7, 11) is 0. The van der Waals surface area contributed by atoms with Gasteiger partial charge in [0.25, 0.3) is 0 Å². The van der Waals surface area contributed by atoms with Crippen molar-refractivity contribution in [2.24, 2.45) is 5.92 Å². The van der Waals surface area contributed by atoms with E-state index in [-0.39, 0.29) is 11.8 Å². The molecule has 5 heteroatoms. The summed E-state index contributed by atoms with van der Waals surface area (Å²) in [6, 6.07) is 0. The third-order valence-electron chi connectivity index (χ3n) is 2.78. The summed E-state index contributed by atoms with van der Waals surface area (Å²) in [6.07, 6.45) is 2.07. The highest BCUT2D eigenvalue weighted by Crippen LogP contribution is 2.24. The maximum absolute atomic E-state index is 11.4. The van der Waals surface area contributed by atoms with E-state index in [1.807, 2.05) is 6.92 Å². The molecular formula is C11H20ClNO3. The van der Waals surface area contributed by atoms with E-state index in [0.29, 0.717) is 6.42 Å². The molecule has 0 aromatic rings. The van der Waals surface area contributed by atoms with Crippen molar-refractivity contribution in [2.45, 2.75) is 45.6 Å². The molecule has 0 aromatic carbocycles. The van der Waals surface area contributed by atoms with Crippen LogP contribution in [0.5, 0.6) is 0 Å². The van der Waals surface area contributed by atoms with Crippen LogP contribution in [0.1, 0.15) is 40.0 Å². The van der Waals surface area contributed by atoms with Crippen molar-refractivity contribution in [3.63, 3.8) is 0 Å². The lowest BCUT2D eigenvalue weighted by molar-refractivity contribution is -0.150. The molecule has 0 heterocycles. The van der Waals surface area contributed by atoms with E-state index in [4.69, 9.17) is 11.6 Å². The maximum Gasteiger partial charge on any atom is 0.329 e. The first-order valence-corrected chi connectivity index (χ1v) is 6.04. The molecule has 1 unspecified atom stereocenters. The molecule has 0 aliphatic rings. The summed E-state index contributed by atoms with van der Waals surface area (Å²) < 4.78 is 0. The van der Waals surface area contributed by atoms with Crippen LogP contribution in [-0.2, 0) is 9.59 Å². The molecule has 0 bridgehead atoms. The van der Waals surface area contributed by atoms with Crippen LogP contribution in [0.4, 0.5) is 0 Å². The third-order valence-corrected chi connectivity index (χ3v) is 3.02. The quantitative estimate of drug-likeness (QED) is 0.679. The normalized spacial score (nSPS) is 14.6. The highest BCUT2D eigenvalue weighted by Gasteiger charge is 2.42. The molecule has 0 aromatic heterocycles. The zero-order valence-corrected chi connectivity index (χ0v) is 10.8. The van der Waals surface area contributed by atoms with Crippen molar-refractivity contribution in [1.29, 1.82) is 0 Å². The van der Waals surface area contributed by atoms with E-state index in [2.05, 4.69) is 5.32 Å². The SMILES string of the molecule is CCCCC(NC(=O)CCl)(C(=O)O)C(C)C. The smallest absolute Gasteiger partial charge is 0.329 e. The molecule has 1 atom stereocenters. The van der Waals surface area contributed by atoms with Gasteiger partial charge in [-0.05, 0) is 12.3 Å². The Hall–Kier alpha value is -0.770. The molecule has 0 rings (SSSR count).